The lowest BCUT2D eigenvalue weighted by atomic mass is 10.0. The maximum absolute atomic E-state index is 7.01. The molecule has 0 amide bonds. The number of aromatic nitrogens is 2. The van der Waals surface area contributed by atoms with Crippen molar-refractivity contribution in [3.05, 3.63) is 57.1 Å². The van der Waals surface area contributed by atoms with Crippen LogP contribution < -0.4 is 4.90 Å². The van der Waals surface area contributed by atoms with Crippen molar-refractivity contribution in [1.82, 2.24) is 10.3 Å². The quantitative estimate of drug-likeness (QED) is 0.406. The van der Waals surface area contributed by atoms with Gasteiger partial charge in [-0.15, -0.1) is 0 Å². The fraction of sp³-hybridized carbons (Fsp3) is 0.409. The molecule has 1 aliphatic heterocycles. The van der Waals surface area contributed by atoms with Crippen LogP contribution in [0.15, 0.2) is 33.3 Å². The minimum Gasteiger partial charge on any atom is -0.373 e. The van der Waals surface area contributed by atoms with Crippen molar-refractivity contribution >= 4 is 34.9 Å². The van der Waals surface area contributed by atoms with Crippen LogP contribution in [0.2, 0.25) is 10.0 Å². The maximum Gasteiger partial charge on any atom is 0.369 e. The van der Waals surface area contributed by atoms with Crippen molar-refractivity contribution in [2.45, 2.75) is 44.3 Å². The topological polar surface area (TPSA) is 68.9 Å². The number of ether oxygens (including phenoxy) is 1. The molecule has 2 aliphatic rings. The predicted molar refractivity (Wildman–Crippen MR) is 117 cm³/mol. The zero-order valence-electron chi connectivity index (χ0n) is 16.7. The van der Waals surface area contributed by atoms with Gasteiger partial charge in [0.15, 0.2) is 5.82 Å². The van der Waals surface area contributed by atoms with E-state index in [-0.39, 0.29) is 12.0 Å². The Morgan fingerprint density at radius 2 is 1.84 bits per heavy atom. The predicted octanol–water partition coefficient (Wildman–Crippen LogP) is 6.25. The molecule has 2 fully saturated rings. The molecule has 0 radical (unpaired) electrons. The van der Waals surface area contributed by atoms with Crippen LogP contribution in [0.1, 0.15) is 42.9 Å². The minimum absolute atomic E-state index is 0.111. The summed E-state index contributed by atoms with van der Waals surface area (Å²) < 4.78 is 17.0. The van der Waals surface area contributed by atoms with Gasteiger partial charge < -0.3 is 18.7 Å². The van der Waals surface area contributed by atoms with E-state index in [2.05, 4.69) is 20.1 Å². The number of halogens is 2. The molecule has 0 bridgehead atoms. The first-order valence-corrected chi connectivity index (χ1v) is 11.0. The van der Waals surface area contributed by atoms with Gasteiger partial charge >= 0.3 is 5.88 Å². The number of hydrogen-bond donors (Lipinski definition) is 0. The van der Waals surface area contributed by atoms with E-state index in [4.69, 9.17) is 43.6 Å². The monoisotopic (exact) mass is 458 g/mol. The summed E-state index contributed by atoms with van der Waals surface area (Å²) in [6.45, 7) is 8.99. The van der Waals surface area contributed by atoms with Gasteiger partial charge in [-0.2, -0.15) is 4.85 Å². The average Bonchev–Trinajstić information content (AvgIpc) is 3.36. The van der Waals surface area contributed by atoms with Crippen LogP contribution in [0.25, 0.3) is 16.1 Å². The number of rotatable bonds is 6. The normalized spacial score (nSPS) is 17.1. The summed E-state index contributed by atoms with van der Waals surface area (Å²) in [5, 5.41) is 9.38. The molecule has 0 atom stereocenters. The lowest BCUT2D eigenvalue weighted by molar-refractivity contribution is 0.0245. The highest BCUT2D eigenvalue weighted by molar-refractivity contribution is 6.39. The third-order valence-electron chi connectivity index (χ3n) is 5.79. The molecule has 1 saturated carbocycles. The molecule has 160 valence electrons. The van der Waals surface area contributed by atoms with Crippen LogP contribution >= 0.6 is 23.2 Å². The molecule has 3 heterocycles. The number of nitrogens with zero attached hydrogens (tertiary/aromatic N) is 4. The van der Waals surface area contributed by atoms with Crippen LogP contribution in [0, 0.1) is 6.57 Å². The SMILES string of the molecule is [C-]#[N+]c1cc(N2CCC(OCc3c(-c4c(Cl)cccc4Cl)noc3C3CC3)CC2)no1. The van der Waals surface area contributed by atoms with Crippen molar-refractivity contribution in [1.29, 1.82) is 0 Å². The fourth-order valence-electron chi connectivity index (χ4n) is 3.96. The average molecular weight is 459 g/mol. The first-order chi connectivity index (χ1) is 15.1. The van der Waals surface area contributed by atoms with E-state index in [1.54, 1.807) is 18.2 Å². The van der Waals surface area contributed by atoms with Gasteiger partial charge in [0, 0.05) is 36.2 Å². The fourth-order valence-corrected chi connectivity index (χ4v) is 4.54. The second kappa shape index (κ2) is 8.54. The number of benzene rings is 1. The Bertz CT molecular complexity index is 1100. The highest BCUT2D eigenvalue weighted by Crippen LogP contribution is 2.46. The van der Waals surface area contributed by atoms with Crippen molar-refractivity contribution in [2.75, 3.05) is 18.0 Å². The van der Waals surface area contributed by atoms with Gasteiger partial charge in [-0.25, -0.2) is 0 Å². The van der Waals surface area contributed by atoms with E-state index in [9.17, 15) is 0 Å². The number of anilines is 1. The second-order valence-corrected chi connectivity index (χ2v) is 8.69. The van der Waals surface area contributed by atoms with Crippen LogP contribution in [-0.4, -0.2) is 29.5 Å². The third-order valence-corrected chi connectivity index (χ3v) is 6.42. The van der Waals surface area contributed by atoms with Crippen molar-refractivity contribution in [3.63, 3.8) is 0 Å². The third kappa shape index (κ3) is 4.16. The molecule has 1 aliphatic carbocycles. The minimum atomic E-state index is 0.111. The Morgan fingerprint density at radius 3 is 2.48 bits per heavy atom. The molecule has 1 aromatic carbocycles. The Kier molecular flexibility index (Phi) is 5.61. The Morgan fingerprint density at radius 1 is 1.10 bits per heavy atom. The summed E-state index contributed by atoms with van der Waals surface area (Å²) in [4.78, 5) is 5.38. The molecule has 0 unspecified atom stereocenters. The van der Waals surface area contributed by atoms with Crippen LogP contribution in [0.4, 0.5) is 11.7 Å². The Balaban J connectivity index is 1.29. The molecule has 7 nitrogen and oxygen atoms in total. The van der Waals surface area contributed by atoms with Crippen molar-refractivity contribution in [2.24, 2.45) is 0 Å². The zero-order chi connectivity index (χ0) is 21.4. The van der Waals surface area contributed by atoms with Crippen LogP contribution in [0.3, 0.4) is 0 Å². The van der Waals surface area contributed by atoms with E-state index < -0.39 is 0 Å². The van der Waals surface area contributed by atoms with Gasteiger partial charge in [0.05, 0.1) is 29.3 Å². The smallest absolute Gasteiger partial charge is 0.369 e. The van der Waals surface area contributed by atoms with E-state index >= 15 is 0 Å². The van der Waals surface area contributed by atoms with E-state index in [0.29, 0.717) is 39.6 Å². The highest BCUT2D eigenvalue weighted by atomic mass is 35.5. The summed E-state index contributed by atoms with van der Waals surface area (Å²) in [5.74, 6) is 2.19. The number of hydrogen-bond acceptors (Lipinski definition) is 6. The molecular formula is C22H20Cl2N4O3. The molecule has 1 saturated heterocycles. The van der Waals surface area contributed by atoms with Crippen LogP contribution in [0.5, 0.6) is 0 Å². The Labute approximate surface area is 189 Å². The molecule has 5 rings (SSSR count). The summed E-state index contributed by atoms with van der Waals surface area (Å²) in [6.07, 6.45) is 4.01. The summed E-state index contributed by atoms with van der Waals surface area (Å²) >= 11 is 12.9. The maximum atomic E-state index is 7.01. The molecule has 3 aromatic rings. The zero-order valence-corrected chi connectivity index (χ0v) is 18.2. The summed E-state index contributed by atoms with van der Waals surface area (Å²) in [5.41, 5.74) is 2.30. The highest BCUT2D eigenvalue weighted by Gasteiger charge is 2.34. The molecule has 31 heavy (non-hydrogen) atoms. The lowest BCUT2D eigenvalue weighted by Gasteiger charge is -2.31. The van der Waals surface area contributed by atoms with E-state index in [1.807, 2.05) is 6.07 Å². The Hall–Kier alpha value is -2.53. The lowest BCUT2D eigenvalue weighted by Crippen LogP contribution is -2.37. The van der Waals surface area contributed by atoms with Gasteiger partial charge in [-0.3, -0.25) is 0 Å². The standard InChI is InChI=1S/C22H20Cl2N4O3/c1-25-19-11-18(26-30-19)28-9-7-14(8-10-28)29-12-15-21(27-31-22(15)13-5-6-13)20-16(23)3-2-4-17(20)24/h2-4,11,13-14H,5-10,12H2. The number of piperidine rings is 1. The molecule has 9 heteroatoms. The van der Waals surface area contributed by atoms with Crippen molar-refractivity contribution < 1.29 is 13.8 Å². The summed E-state index contributed by atoms with van der Waals surface area (Å²) in [6, 6.07) is 7.10. The van der Waals surface area contributed by atoms with E-state index in [1.165, 1.54) is 0 Å². The van der Waals surface area contributed by atoms with Gasteiger partial charge in [-0.1, -0.05) is 39.6 Å². The van der Waals surface area contributed by atoms with Crippen LogP contribution in [-0.2, 0) is 11.3 Å². The first-order valence-electron chi connectivity index (χ1n) is 10.3. The largest absolute Gasteiger partial charge is 0.373 e. The molecule has 0 spiro atoms. The van der Waals surface area contributed by atoms with Gasteiger partial charge in [0.2, 0.25) is 0 Å². The van der Waals surface area contributed by atoms with Gasteiger partial charge in [0.25, 0.3) is 0 Å². The first kappa shape index (κ1) is 20.4. The molecular weight excluding hydrogens is 439 g/mol. The van der Waals surface area contributed by atoms with Gasteiger partial charge in [-0.05, 0) is 37.8 Å². The van der Waals surface area contributed by atoms with Gasteiger partial charge in [0.1, 0.15) is 11.5 Å². The molecule has 2 aromatic heterocycles. The molecule has 0 N–H and O–H groups in total. The summed E-state index contributed by atoms with van der Waals surface area (Å²) in [7, 11) is 0. The van der Waals surface area contributed by atoms with E-state index in [0.717, 1.165) is 50.1 Å². The van der Waals surface area contributed by atoms with Crippen molar-refractivity contribution in [3.8, 4) is 11.3 Å². The second-order valence-electron chi connectivity index (χ2n) is 7.88.